The van der Waals surface area contributed by atoms with Gasteiger partial charge in [0.25, 0.3) is 0 Å². The van der Waals surface area contributed by atoms with Gasteiger partial charge in [0.1, 0.15) is 0 Å². The molecule has 0 bridgehead atoms. The molecule has 0 amide bonds. The number of hydrogen-bond donors (Lipinski definition) is 0. The minimum absolute atomic E-state index is 0.433. The molecule has 0 fully saturated rings. The zero-order valence-corrected chi connectivity index (χ0v) is 31.9. The fourth-order valence-electron chi connectivity index (χ4n) is 10.1. The number of para-hydroxylation sites is 1. The number of thiophene rings is 1. The summed E-state index contributed by atoms with van der Waals surface area (Å²) in [5.74, 6) is 0. The van der Waals surface area contributed by atoms with Crippen LogP contribution in [0.25, 0.3) is 64.7 Å². The first kappa shape index (κ1) is 32.3. The molecule has 0 saturated carbocycles. The van der Waals surface area contributed by atoms with Crippen molar-refractivity contribution >= 4 is 48.6 Å². The number of hydrogen-bond acceptors (Lipinski definition) is 2. The summed E-state index contributed by atoms with van der Waals surface area (Å²) in [6.07, 6.45) is 0. The van der Waals surface area contributed by atoms with Gasteiger partial charge in [0.15, 0.2) is 0 Å². The fourth-order valence-corrected chi connectivity index (χ4v) is 11.2. The summed E-state index contributed by atoms with van der Waals surface area (Å²) in [4.78, 5) is 2.53. The molecule has 12 rings (SSSR count). The van der Waals surface area contributed by atoms with Crippen LogP contribution in [0, 0.1) is 0 Å². The van der Waals surface area contributed by atoms with Crippen LogP contribution in [0.1, 0.15) is 22.3 Å². The Morgan fingerprint density at radius 3 is 1.67 bits per heavy atom. The minimum Gasteiger partial charge on any atom is -0.309 e. The van der Waals surface area contributed by atoms with Crippen molar-refractivity contribution in [3.63, 3.8) is 0 Å². The Morgan fingerprint density at radius 1 is 0.351 bits per heavy atom. The summed E-state index contributed by atoms with van der Waals surface area (Å²) in [6.45, 7) is 0. The quantitative estimate of drug-likeness (QED) is 0.170. The maximum Gasteiger partial charge on any atom is 0.0726 e. The van der Waals surface area contributed by atoms with Crippen molar-refractivity contribution in [3.8, 4) is 44.5 Å². The second-order valence-electron chi connectivity index (χ2n) is 15.1. The lowest BCUT2D eigenvalue weighted by molar-refractivity contribution is 0.794. The molecule has 1 nitrogen and oxygen atoms in total. The van der Waals surface area contributed by atoms with Crippen LogP contribution in [0.15, 0.2) is 212 Å². The first-order valence-electron chi connectivity index (χ1n) is 19.7. The van der Waals surface area contributed by atoms with Crippen molar-refractivity contribution in [2.45, 2.75) is 5.41 Å². The molecule has 2 heteroatoms. The van der Waals surface area contributed by atoms with Crippen LogP contribution in [0.4, 0.5) is 17.1 Å². The molecule has 1 aromatic heterocycles. The van der Waals surface area contributed by atoms with E-state index in [1.165, 1.54) is 92.6 Å². The van der Waals surface area contributed by atoms with Gasteiger partial charge in [-0.05, 0) is 92.0 Å². The molecule has 2 aliphatic carbocycles. The second kappa shape index (κ2) is 12.5. The molecule has 0 N–H and O–H groups in total. The zero-order valence-electron chi connectivity index (χ0n) is 31.1. The number of nitrogens with zero attached hydrogens (tertiary/aromatic N) is 1. The van der Waals surface area contributed by atoms with E-state index in [-0.39, 0.29) is 0 Å². The van der Waals surface area contributed by atoms with Gasteiger partial charge in [-0.25, -0.2) is 0 Å². The molecular weight excluding hydrogens is 707 g/mol. The van der Waals surface area contributed by atoms with Crippen molar-refractivity contribution in [2.75, 3.05) is 4.90 Å². The Kier molecular flexibility index (Phi) is 7.08. The fraction of sp³-hybridized carbons (Fsp3) is 0.0182. The topological polar surface area (TPSA) is 3.24 Å². The van der Waals surface area contributed by atoms with Crippen LogP contribution in [0.3, 0.4) is 0 Å². The highest BCUT2D eigenvalue weighted by atomic mass is 32.1. The van der Waals surface area contributed by atoms with Gasteiger partial charge in [-0.2, -0.15) is 0 Å². The van der Waals surface area contributed by atoms with E-state index in [0.717, 1.165) is 11.4 Å². The van der Waals surface area contributed by atoms with E-state index in [9.17, 15) is 0 Å². The molecule has 1 spiro atoms. The van der Waals surface area contributed by atoms with E-state index in [2.05, 4.69) is 217 Å². The molecule has 0 saturated heterocycles. The van der Waals surface area contributed by atoms with Gasteiger partial charge in [-0.15, -0.1) is 11.3 Å². The third-order valence-electron chi connectivity index (χ3n) is 12.3. The number of fused-ring (bicyclic) bond motifs is 13. The van der Waals surface area contributed by atoms with Gasteiger partial charge < -0.3 is 4.90 Å². The molecule has 0 radical (unpaired) electrons. The third-order valence-corrected chi connectivity index (χ3v) is 13.4. The molecule has 266 valence electrons. The van der Waals surface area contributed by atoms with E-state index in [1.807, 2.05) is 11.3 Å². The average molecular weight is 742 g/mol. The standard InChI is InChI=1S/C55H35NS/c1-3-17-36(18-4-1)39-34-33-37(40-25-15-32-52-53(40)44-24-10-14-31-51(44)57-52)35-50(39)56(38-19-5-2-6-20-38)49-30-16-29-48-54(49)43-23-9-13-28-47(43)55(48)45-26-11-7-21-41(45)42-22-8-12-27-46(42)55/h1-35H. The van der Waals surface area contributed by atoms with Crippen molar-refractivity contribution in [1.82, 2.24) is 0 Å². The van der Waals surface area contributed by atoms with Crippen LogP contribution in [0.5, 0.6) is 0 Å². The third kappa shape index (κ3) is 4.56. The van der Waals surface area contributed by atoms with E-state index >= 15 is 0 Å². The molecule has 1 heterocycles. The first-order valence-corrected chi connectivity index (χ1v) is 20.5. The molecule has 0 atom stereocenters. The van der Waals surface area contributed by atoms with Crippen molar-refractivity contribution in [3.05, 3.63) is 235 Å². The monoisotopic (exact) mass is 741 g/mol. The van der Waals surface area contributed by atoms with Gasteiger partial charge in [-0.3, -0.25) is 0 Å². The lowest BCUT2D eigenvalue weighted by atomic mass is 9.70. The highest BCUT2D eigenvalue weighted by Gasteiger charge is 2.52. The average Bonchev–Trinajstić information content (AvgIpc) is 3.92. The maximum atomic E-state index is 2.53. The summed E-state index contributed by atoms with van der Waals surface area (Å²) in [6, 6.07) is 78.8. The Bertz CT molecular complexity index is 3150. The van der Waals surface area contributed by atoms with Gasteiger partial charge in [0, 0.05) is 37.0 Å². The minimum atomic E-state index is -0.433. The zero-order chi connectivity index (χ0) is 37.5. The molecule has 0 aliphatic heterocycles. The Hall–Kier alpha value is -7.00. The van der Waals surface area contributed by atoms with Gasteiger partial charge >= 0.3 is 0 Å². The van der Waals surface area contributed by atoms with Crippen LogP contribution < -0.4 is 4.90 Å². The smallest absolute Gasteiger partial charge is 0.0726 e. The summed E-state index contributed by atoms with van der Waals surface area (Å²) in [5.41, 5.74) is 18.4. The van der Waals surface area contributed by atoms with Gasteiger partial charge in [-0.1, -0.05) is 176 Å². The van der Waals surface area contributed by atoms with Crippen molar-refractivity contribution in [1.29, 1.82) is 0 Å². The largest absolute Gasteiger partial charge is 0.309 e. The van der Waals surface area contributed by atoms with Crippen LogP contribution in [-0.2, 0) is 5.41 Å². The van der Waals surface area contributed by atoms with Crippen molar-refractivity contribution < 1.29 is 0 Å². The van der Waals surface area contributed by atoms with Crippen molar-refractivity contribution in [2.24, 2.45) is 0 Å². The molecule has 2 aliphatic rings. The predicted molar refractivity (Wildman–Crippen MR) is 241 cm³/mol. The summed E-state index contributed by atoms with van der Waals surface area (Å²) >= 11 is 1.87. The van der Waals surface area contributed by atoms with E-state index in [1.54, 1.807) is 0 Å². The first-order chi connectivity index (χ1) is 28.3. The van der Waals surface area contributed by atoms with E-state index in [0.29, 0.717) is 0 Å². The molecule has 9 aromatic carbocycles. The number of anilines is 3. The Morgan fingerprint density at radius 2 is 0.912 bits per heavy atom. The molecular formula is C55H35NS. The Labute approximate surface area is 336 Å². The van der Waals surface area contributed by atoms with E-state index < -0.39 is 5.41 Å². The van der Waals surface area contributed by atoms with Gasteiger partial charge in [0.05, 0.1) is 16.8 Å². The molecule has 10 aromatic rings. The number of rotatable bonds is 5. The van der Waals surface area contributed by atoms with E-state index in [4.69, 9.17) is 0 Å². The second-order valence-corrected chi connectivity index (χ2v) is 16.2. The van der Waals surface area contributed by atoms with Gasteiger partial charge in [0.2, 0.25) is 0 Å². The molecule has 57 heavy (non-hydrogen) atoms. The highest BCUT2D eigenvalue weighted by Crippen LogP contribution is 2.65. The Balaban J connectivity index is 1.18. The maximum absolute atomic E-state index is 2.53. The highest BCUT2D eigenvalue weighted by molar-refractivity contribution is 7.25. The van der Waals surface area contributed by atoms with Crippen LogP contribution in [0.2, 0.25) is 0 Å². The normalized spacial score (nSPS) is 13.1. The lowest BCUT2D eigenvalue weighted by Gasteiger charge is -2.32. The number of benzene rings is 9. The van der Waals surface area contributed by atoms with Crippen LogP contribution >= 0.6 is 11.3 Å². The predicted octanol–water partition coefficient (Wildman–Crippen LogP) is 15.2. The molecule has 0 unspecified atom stereocenters. The summed E-state index contributed by atoms with van der Waals surface area (Å²) < 4.78 is 2.62. The van der Waals surface area contributed by atoms with Crippen LogP contribution in [-0.4, -0.2) is 0 Å². The summed E-state index contributed by atoms with van der Waals surface area (Å²) in [5, 5.41) is 2.62. The SMILES string of the molecule is c1ccc(-c2ccc(-c3cccc4sc5ccccc5c34)cc2N(c2ccccc2)c2cccc3c2-c2ccccc2C32c3ccccc3-c3ccccc32)cc1. The lowest BCUT2D eigenvalue weighted by Crippen LogP contribution is -2.26. The summed E-state index contributed by atoms with van der Waals surface area (Å²) in [7, 11) is 0.